The zero-order valence-corrected chi connectivity index (χ0v) is 17.4. The van der Waals surface area contributed by atoms with Crippen molar-refractivity contribution in [1.29, 1.82) is 0 Å². The van der Waals surface area contributed by atoms with Crippen LogP contribution in [0.15, 0.2) is 12.4 Å². The molecule has 3 rings (SSSR count). The number of aryl methyl sites for hydroxylation is 1. The van der Waals surface area contributed by atoms with Crippen LogP contribution in [0.3, 0.4) is 0 Å². The summed E-state index contributed by atoms with van der Waals surface area (Å²) in [5.74, 6) is 0.970. The molecule has 27 heavy (non-hydrogen) atoms. The number of thioether (sulfide) groups is 1. The van der Waals surface area contributed by atoms with Gasteiger partial charge in [-0.15, -0.1) is 11.8 Å². The maximum absolute atomic E-state index is 12.6. The molecule has 7 heteroatoms. The highest BCUT2D eigenvalue weighted by Gasteiger charge is 2.42. The zero-order chi connectivity index (χ0) is 19.4. The molecule has 1 spiro atoms. The molecule has 2 fully saturated rings. The molecule has 0 N–H and O–H groups in total. The van der Waals surface area contributed by atoms with Crippen molar-refractivity contribution < 1.29 is 9.59 Å². The van der Waals surface area contributed by atoms with Crippen LogP contribution in [0.5, 0.6) is 0 Å². The number of piperidine rings is 2. The molecule has 2 aliphatic rings. The van der Waals surface area contributed by atoms with Crippen LogP contribution < -0.4 is 0 Å². The van der Waals surface area contributed by atoms with Crippen LogP contribution in [0.2, 0.25) is 0 Å². The van der Waals surface area contributed by atoms with E-state index in [-0.39, 0.29) is 17.2 Å². The largest absolute Gasteiger partial charge is 0.341 e. The van der Waals surface area contributed by atoms with Gasteiger partial charge in [-0.1, -0.05) is 13.8 Å². The molecule has 6 nitrogen and oxygen atoms in total. The number of amides is 2. The summed E-state index contributed by atoms with van der Waals surface area (Å²) < 4.78 is 0. The van der Waals surface area contributed by atoms with Gasteiger partial charge in [-0.05, 0) is 31.4 Å². The number of hydrogen-bond donors (Lipinski definition) is 0. The summed E-state index contributed by atoms with van der Waals surface area (Å²) in [7, 11) is 0. The minimum absolute atomic E-state index is 0.0302. The molecular formula is C20H30N4O2S. The van der Waals surface area contributed by atoms with Gasteiger partial charge >= 0.3 is 0 Å². The quantitative estimate of drug-likeness (QED) is 0.773. The summed E-state index contributed by atoms with van der Waals surface area (Å²) >= 11 is 1.70. The molecule has 2 aliphatic heterocycles. The van der Waals surface area contributed by atoms with Crippen LogP contribution in [0.1, 0.15) is 50.9 Å². The lowest BCUT2D eigenvalue weighted by Crippen LogP contribution is -2.55. The first-order chi connectivity index (χ1) is 12.9. The summed E-state index contributed by atoms with van der Waals surface area (Å²) in [6.45, 7) is 8.98. The van der Waals surface area contributed by atoms with Crippen molar-refractivity contribution in [2.45, 2.75) is 58.2 Å². The Morgan fingerprint density at radius 1 is 1.26 bits per heavy atom. The SMILES string of the molecule is Cc1cnc(CN2C[C@@]3(CCCN(C(=O)CSC(C)C)C3)CCC2=O)cn1. The van der Waals surface area contributed by atoms with E-state index >= 15 is 0 Å². The van der Waals surface area contributed by atoms with Crippen molar-refractivity contribution in [2.24, 2.45) is 5.41 Å². The lowest BCUT2D eigenvalue weighted by atomic mass is 9.73. The van der Waals surface area contributed by atoms with Crippen molar-refractivity contribution in [1.82, 2.24) is 19.8 Å². The van der Waals surface area contributed by atoms with Crippen molar-refractivity contribution in [3.63, 3.8) is 0 Å². The monoisotopic (exact) mass is 390 g/mol. The van der Waals surface area contributed by atoms with Gasteiger partial charge in [0.2, 0.25) is 11.8 Å². The van der Waals surface area contributed by atoms with Crippen LogP contribution in [-0.4, -0.2) is 62.2 Å². The maximum atomic E-state index is 12.6. The number of likely N-dealkylation sites (tertiary alicyclic amines) is 2. The molecule has 0 aromatic carbocycles. The molecule has 0 saturated carbocycles. The van der Waals surface area contributed by atoms with E-state index in [4.69, 9.17) is 0 Å². The number of aromatic nitrogens is 2. The van der Waals surface area contributed by atoms with Crippen molar-refractivity contribution in [3.8, 4) is 0 Å². The van der Waals surface area contributed by atoms with E-state index in [0.717, 1.165) is 43.7 Å². The van der Waals surface area contributed by atoms with E-state index in [1.165, 1.54) is 0 Å². The van der Waals surface area contributed by atoms with Crippen molar-refractivity contribution in [2.75, 3.05) is 25.4 Å². The Hall–Kier alpha value is -1.63. The molecule has 0 aliphatic carbocycles. The van der Waals surface area contributed by atoms with Crippen LogP contribution in [-0.2, 0) is 16.1 Å². The number of nitrogens with zero attached hydrogens (tertiary/aromatic N) is 4. The fourth-order valence-electron chi connectivity index (χ4n) is 4.03. The van der Waals surface area contributed by atoms with Crippen LogP contribution in [0.25, 0.3) is 0 Å². The minimum atomic E-state index is 0.0302. The predicted octanol–water partition coefficient (Wildman–Crippen LogP) is 2.66. The summed E-state index contributed by atoms with van der Waals surface area (Å²) in [4.78, 5) is 37.7. The Kier molecular flexibility index (Phi) is 6.40. The standard InChI is InChI=1S/C20H30N4O2S/c1-15(2)27-12-19(26)23-8-4-6-20(13-23)7-5-18(25)24(14-20)11-17-10-21-16(3)9-22-17/h9-10,15H,4-8,11-14H2,1-3H3/t20-/m0/s1. The molecule has 0 unspecified atom stereocenters. The van der Waals surface area contributed by atoms with Gasteiger partial charge in [0.15, 0.2) is 0 Å². The fraction of sp³-hybridized carbons (Fsp3) is 0.700. The van der Waals surface area contributed by atoms with Gasteiger partial charge in [0, 0.05) is 37.7 Å². The topological polar surface area (TPSA) is 66.4 Å². The van der Waals surface area contributed by atoms with E-state index < -0.39 is 0 Å². The predicted molar refractivity (Wildman–Crippen MR) is 107 cm³/mol. The highest BCUT2D eigenvalue weighted by atomic mass is 32.2. The van der Waals surface area contributed by atoms with E-state index in [1.54, 1.807) is 24.2 Å². The number of hydrogen-bond acceptors (Lipinski definition) is 5. The molecule has 3 heterocycles. The Morgan fingerprint density at radius 3 is 2.78 bits per heavy atom. The van der Waals surface area contributed by atoms with E-state index in [2.05, 4.69) is 23.8 Å². The van der Waals surface area contributed by atoms with Crippen molar-refractivity contribution in [3.05, 3.63) is 23.8 Å². The lowest BCUT2D eigenvalue weighted by Gasteiger charge is -2.48. The average molecular weight is 391 g/mol. The van der Waals surface area contributed by atoms with E-state index in [0.29, 0.717) is 30.5 Å². The van der Waals surface area contributed by atoms with Gasteiger partial charge in [-0.2, -0.15) is 0 Å². The van der Waals surface area contributed by atoms with Gasteiger partial charge < -0.3 is 9.80 Å². The third-order valence-corrected chi connectivity index (χ3v) is 6.57. The van der Waals surface area contributed by atoms with E-state index in [9.17, 15) is 9.59 Å². The van der Waals surface area contributed by atoms with Gasteiger partial charge in [-0.3, -0.25) is 19.6 Å². The normalized spacial score (nSPS) is 23.3. The second kappa shape index (κ2) is 8.59. The summed E-state index contributed by atoms with van der Waals surface area (Å²) in [5, 5.41) is 0.464. The summed E-state index contributed by atoms with van der Waals surface area (Å²) in [6, 6.07) is 0. The third-order valence-electron chi connectivity index (χ3n) is 5.49. The number of carbonyl (C=O) groups is 2. The second-order valence-corrected chi connectivity index (χ2v) is 9.74. The van der Waals surface area contributed by atoms with Crippen molar-refractivity contribution >= 4 is 23.6 Å². The number of carbonyl (C=O) groups excluding carboxylic acids is 2. The highest BCUT2D eigenvalue weighted by molar-refractivity contribution is 8.00. The first-order valence-electron chi connectivity index (χ1n) is 9.82. The molecule has 0 bridgehead atoms. The molecule has 1 atom stereocenters. The molecular weight excluding hydrogens is 360 g/mol. The lowest BCUT2D eigenvalue weighted by molar-refractivity contribution is -0.142. The van der Waals surface area contributed by atoms with Crippen LogP contribution in [0.4, 0.5) is 0 Å². The van der Waals surface area contributed by atoms with Gasteiger partial charge in [0.1, 0.15) is 0 Å². The smallest absolute Gasteiger partial charge is 0.232 e. The second-order valence-electron chi connectivity index (χ2n) is 8.18. The molecule has 148 valence electrons. The fourth-order valence-corrected chi connectivity index (χ4v) is 4.68. The maximum Gasteiger partial charge on any atom is 0.232 e. The van der Waals surface area contributed by atoms with Crippen LogP contribution in [0, 0.1) is 12.3 Å². The van der Waals surface area contributed by atoms with Gasteiger partial charge in [0.25, 0.3) is 0 Å². The summed E-state index contributed by atoms with van der Waals surface area (Å²) in [6.07, 6.45) is 7.03. The van der Waals surface area contributed by atoms with Gasteiger partial charge in [-0.25, -0.2) is 0 Å². The summed E-state index contributed by atoms with van der Waals surface area (Å²) in [5.41, 5.74) is 1.73. The average Bonchev–Trinajstić information content (AvgIpc) is 2.65. The van der Waals surface area contributed by atoms with Crippen LogP contribution >= 0.6 is 11.8 Å². The molecule has 1 aromatic heterocycles. The van der Waals surface area contributed by atoms with Gasteiger partial charge in [0.05, 0.1) is 29.9 Å². The Labute approximate surface area is 166 Å². The Morgan fingerprint density at radius 2 is 2.07 bits per heavy atom. The first-order valence-corrected chi connectivity index (χ1v) is 10.9. The molecule has 2 amide bonds. The Balaban J connectivity index is 1.65. The zero-order valence-electron chi connectivity index (χ0n) is 16.6. The molecule has 2 saturated heterocycles. The number of rotatable bonds is 5. The van der Waals surface area contributed by atoms with E-state index in [1.807, 2.05) is 16.7 Å². The Bertz CT molecular complexity index is 679. The third kappa shape index (κ3) is 5.21. The first kappa shape index (κ1) is 20.1. The highest BCUT2D eigenvalue weighted by Crippen LogP contribution is 2.39. The molecule has 1 aromatic rings. The molecule has 0 radical (unpaired) electrons. The minimum Gasteiger partial charge on any atom is -0.341 e.